The molecule has 0 heterocycles. The summed E-state index contributed by atoms with van der Waals surface area (Å²) in [5.74, 6) is 0. The zero-order valence-electron chi connectivity index (χ0n) is 4.35. The van der Waals surface area contributed by atoms with E-state index in [9.17, 15) is 17.7 Å². The van der Waals surface area contributed by atoms with Crippen molar-refractivity contribution in [2.45, 2.75) is 12.6 Å². The molecule has 0 radical (unpaired) electrons. The summed E-state index contributed by atoms with van der Waals surface area (Å²) >= 11 is 0. The van der Waals surface area contributed by atoms with Crippen LogP contribution >= 0.6 is 8.03 Å². The van der Waals surface area contributed by atoms with Crippen molar-refractivity contribution in [1.29, 1.82) is 0 Å². The molecule has 0 fully saturated rings. The van der Waals surface area contributed by atoms with E-state index in [1.807, 2.05) is 0 Å². The highest BCUT2D eigenvalue weighted by molar-refractivity contribution is 7.37. The third kappa shape index (κ3) is 11.2. The summed E-state index contributed by atoms with van der Waals surface area (Å²) in [7, 11) is -2.63. The third-order valence-electron chi connectivity index (χ3n) is 0.587. The van der Waals surface area contributed by atoms with Crippen molar-refractivity contribution in [2.24, 2.45) is 0 Å². The number of halogens is 3. The smallest absolute Gasteiger partial charge is 0.171 e. The van der Waals surface area contributed by atoms with Crippen LogP contribution in [-0.2, 0) is 4.57 Å². The average molecular weight is 191 g/mol. The van der Waals surface area contributed by atoms with Crippen LogP contribution in [0.4, 0.5) is 13.2 Å². The summed E-state index contributed by atoms with van der Waals surface area (Å²) in [5, 5.41) is 0. The fraction of sp³-hybridized carbons (Fsp3) is 1.00. The Morgan fingerprint density at radius 2 is 1.80 bits per heavy atom. The van der Waals surface area contributed by atoms with E-state index in [1.165, 1.54) is 0 Å². The van der Waals surface area contributed by atoms with Crippen LogP contribution in [0.2, 0.25) is 0 Å². The lowest BCUT2D eigenvalue weighted by Crippen LogP contribution is -2.07. The Balaban J connectivity index is 0. The quantitative estimate of drug-likeness (QED) is 0.509. The lowest BCUT2D eigenvalue weighted by atomic mass is 10.5. The van der Waals surface area contributed by atoms with Crippen molar-refractivity contribution in [1.82, 2.24) is 0 Å². The zero-order chi connectivity index (χ0) is 7.49. The minimum Gasteiger partial charge on any atom is -0.171 e. The van der Waals surface area contributed by atoms with E-state index in [-0.39, 0.29) is 17.4 Å². The van der Waals surface area contributed by atoms with Crippen LogP contribution in [0.5, 0.6) is 0 Å². The standard InChI is InChI=1S/C3H4F3O2P.Al.3H/c4-3(5,6)1-2-9(7)8;;;;/h1-2H2;;;;/p+1. The molecule has 1 unspecified atom stereocenters. The molecule has 0 aliphatic carbocycles. The summed E-state index contributed by atoms with van der Waals surface area (Å²) in [4.78, 5) is 7.92. The molecule has 0 saturated heterocycles. The SMILES string of the molecule is O=[P+](O)CCC(F)(F)F.[AlH3]. The van der Waals surface area contributed by atoms with Crippen LogP contribution in [0.1, 0.15) is 6.42 Å². The van der Waals surface area contributed by atoms with Gasteiger partial charge in [-0.2, -0.15) is 18.1 Å². The first-order valence-electron chi connectivity index (χ1n) is 2.12. The molecule has 0 aliphatic rings. The molecule has 0 aromatic heterocycles. The second-order valence-corrected chi connectivity index (χ2v) is 2.59. The monoisotopic (exact) mass is 191 g/mol. The number of hydrogen-bond acceptors (Lipinski definition) is 1. The molecule has 0 saturated carbocycles. The predicted molar refractivity (Wildman–Crippen MR) is 35.3 cm³/mol. The van der Waals surface area contributed by atoms with Gasteiger partial charge in [0.05, 0.1) is 6.42 Å². The first-order valence-corrected chi connectivity index (χ1v) is 3.52. The molecule has 0 aliphatic heterocycles. The van der Waals surface area contributed by atoms with Crippen LogP contribution in [-0.4, -0.2) is 34.6 Å². The van der Waals surface area contributed by atoms with Crippen LogP contribution in [0.25, 0.3) is 0 Å². The minimum atomic E-state index is -4.31. The zero-order valence-corrected chi connectivity index (χ0v) is 5.25. The first-order chi connectivity index (χ1) is 3.92. The lowest BCUT2D eigenvalue weighted by Gasteiger charge is -1.97. The highest BCUT2D eigenvalue weighted by Gasteiger charge is 2.31. The second-order valence-electron chi connectivity index (χ2n) is 1.44. The first kappa shape index (κ1) is 13.0. The van der Waals surface area contributed by atoms with Crippen molar-refractivity contribution in [2.75, 3.05) is 6.16 Å². The molecule has 7 heteroatoms. The molecule has 60 valence electrons. The van der Waals surface area contributed by atoms with Crippen LogP contribution in [0, 0.1) is 0 Å². The van der Waals surface area contributed by atoms with E-state index >= 15 is 0 Å². The van der Waals surface area contributed by atoms with E-state index in [2.05, 4.69) is 0 Å². The fourth-order valence-corrected chi connectivity index (χ4v) is 0.667. The molecular weight excluding hydrogens is 183 g/mol. The van der Waals surface area contributed by atoms with E-state index in [4.69, 9.17) is 4.89 Å². The predicted octanol–water partition coefficient (Wildman–Crippen LogP) is 0.490. The Morgan fingerprint density at radius 1 is 1.40 bits per heavy atom. The Hall–Kier alpha value is 0.382. The minimum absolute atomic E-state index is 0. The van der Waals surface area contributed by atoms with Gasteiger partial charge in [0.2, 0.25) is 0 Å². The molecule has 0 aromatic rings. The highest BCUT2D eigenvalue weighted by Crippen LogP contribution is 2.25. The van der Waals surface area contributed by atoms with Crippen LogP contribution < -0.4 is 0 Å². The van der Waals surface area contributed by atoms with Gasteiger partial charge in [-0.15, -0.1) is 0 Å². The maximum Gasteiger partial charge on any atom is 0.505 e. The van der Waals surface area contributed by atoms with Crippen LogP contribution in [0.3, 0.4) is 0 Å². The summed E-state index contributed by atoms with van der Waals surface area (Å²) < 4.78 is 43.2. The average Bonchev–Trinajstić information content (AvgIpc) is 1.59. The Morgan fingerprint density at radius 3 is 1.90 bits per heavy atom. The van der Waals surface area contributed by atoms with E-state index in [0.717, 1.165) is 0 Å². The molecule has 0 bridgehead atoms. The van der Waals surface area contributed by atoms with Gasteiger partial charge < -0.3 is 0 Å². The second kappa shape index (κ2) is 5.09. The van der Waals surface area contributed by atoms with Crippen LogP contribution in [0.15, 0.2) is 0 Å². The van der Waals surface area contributed by atoms with Gasteiger partial charge in [-0.05, 0) is 4.57 Å². The molecule has 0 aromatic carbocycles. The summed E-state index contributed by atoms with van der Waals surface area (Å²) in [6, 6.07) is 0. The molecule has 2 nitrogen and oxygen atoms in total. The number of alkyl halides is 3. The summed E-state index contributed by atoms with van der Waals surface area (Å²) in [6.07, 6.45) is -6.19. The Bertz CT molecular complexity index is 115. The summed E-state index contributed by atoms with van der Waals surface area (Å²) in [6.45, 7) is 0. The molecular formula is C3H8AlF3O2P+. The van der Waals surface area contributed by atoms with Gasteiger partial charge in [0.25, 0.3) is 0 Å². The maximum absolute atomic E-state index is 11.2. The van der Waals surface area contributed by atoms with Gasteiger partial charge in [-0.3, -0.25) is 0 Å². The highest BCUT2D eigenvalue weighted by atomic mass is 31.1. The van der Waals surface area contributed by atoms with Gasteiger partial charge in [0.1, 0.15) is 0 Å². The van der Waals surface area contributed by atoms with Gasteiger partial charge in [-0.25, -0.2) is 0 Å². The Labute approximate surface area is 67.4 Å². The van der Waals surface area contributed by atoms with Crippen molar-refractivity contribution >= 4 is 25.4 Å². The van der Waals surface area contributed by atoms with E-state index < -0.39 is 26.8 Å². The Kier molecular flexibility index (Phi) is 6.62. The third-order valence-corrected chi connectivity index (χ3v) is 1.19. The van der Waals surface area contributed by atoms with Crippen molar-refractivity contribution in [3.05, 3.63) is 0 Å². The van der Waals surface area contributed by atoms with Gasteiger partial charge >= 0.3 is 14.2 Å². The van der Waals surface area contributed by atoms with Gasteiger partial charge in [0.15, 0.2) is 23.5 Å². The van der Waals surface area contributed by atoms with E-state index in [0.29, 0.717) is 0 Å². The maximum atomic E-state index is 11.2. The normalized spacial score (nSPS) is 12.2. The number of rotatable bonds is 2. The van der Waals surface area contributed by atoms with Crippen molar-refractivity contribution in [3.8, 4) is 0 Å². The van der Waals surface area contributed by atoms with E-state index in [1.54, 1.807) is 0 Å². The lowest BCUT2D eigenvalue weighted by molar-refractivity contribution is -0.130. The van der Waals surface area contributed by atoms with Crippen molar-refractivity contribution < 1.29 is 22.6 Å². The molecule has 0 spiro atoms. The molecule has 10 heavy (non-hydrogen) atoms. The molecule has 0 amide bonds. The molecule has 1 atom stereocenters. The topological polar surface area (TPSA) is 37.3 Å². The van der Waals surface area contributed by atoms with Gasteiger partial charge in [-0.1, -0.05) is 0 Å². The molecule has 0 rings (SSSR count). The summed E-state index contributed by atoms with van der Waals surface area (Å²) in [5.41, 5.74) is 0. The fourth-order valence-electron chi connectivity index (χ4n) is 0.222. The van der Waals surface area contributed by atoms with Gasteiger partial charge in [0, 0.05) is 0 Å². The van der Waals surface area contributed by atoms with Crippen molar-refractivity contribution in [3.63, 3.8) is 0 Å². The largest absolute Gasteiger partial charge is 0.505 e. The molecule has 1 N–H and O–H groups in total. The number of hydrogen-bond donors (Lipinski definition) is 1.